The second-order valence-corrected chi connectivity index (χ2v) is 4.61. The summed E-state index contributed by atoms with van der Waals surface area (Å²) in [6.07, 6.45) is 3.03. The summed E-state index contributed by atoms with van der Waals surface area (Å²) in [4.78, 5) is 6.78. The molecular weight excluding hydrogens is 214 g/mol. The predicted molar refractivity (Wildman–Crippen MR) is 67.8 cm³/mol. The maximum absolute atomic E-state index is 5.65. The van der Waals surface area contributed by atoms with E-state index < -0.39 is 0 Å². The van der Waals surface area contributed by atoms with E-state index in [0.29, 0.717) is 12.6 Å². The summed E-state index contributed by atoms with van der Waals surface area (Å²) in [6, 6.07) is 6.53. The number of nitrogens with two attached hydrogens (primary N) is 1. The van der Waals surface area contributed by atoms with Gasteiger partial charge in [0.2, 0.25) is 0 Å². The van der Waals surface area contributed by atoms with E-state index in [0.717, 1.165) is 31.8 Å². The summed E-state index contributed by atoms with van der Waals surface area (Å²) < 4.78 is 5.64. The van der Waals surface area contributed by atoms with Crippen molar-refractivity contribution >= 4 is 0 Å². The number of morpholine rings is 1. The Kier molecular flexibility index (Phi) is 4.48. The van der Waals surface area contributed by atoms with Crippen LogP contribution in [0.4, 0.5) is 0 Å². The van der Waals surface area contributed by atoms with Crippen LogP contribution in [-0.4, -0.2) is 48.3 Å². The molecule has 4 heteroatoms. The first-order chi connectivity index (χ1) is 8.29. The molecule has 1 aliphatic heterocycles. The monoisotopic (exact) mass is 235 g/mol. The second-order valence-electron chi connectivity index (χ2n) is 4.61. The SMILES string of the molecule is CC1COC(CN)CN1CCc1ccccn1. The maximum atomic E-state index is 5.65. The van der Waals surface area contributed by atoms with E-state index in [1.807, 2.05) is 18.3 Å². The molecule has 1 saturated heterocycles. The summed E-state index contributed by atoms with van der Waals surface area (Å²) in [7, 11) is 0. The molecule has 0 aliphatic carbocycles. The molecule has 2 heterocycles. The summed E-state index contributed by atoms with van der Waals surface area (Å²) in [5.74, 6) is 0. The van der Waals surface area contributed by atoms with Crippen molar-refractivity contribution in [3.8, 4) is 0 Å². The highest BCUT2D eigenvalue weighted by Gasteiger charge is 2.24. The highest BCUT2D eigenvalue weighted by Crippen LogP contribution is 2.11. The normalized spacial score (nSPS) is 26.0. The van der Waals surface area contributed by atoms with Gasteiger partial charge in [0.1, 0.15) is 0 Å². The third-order valence-electron chi connectivity index (χ3n) is 3.28. The first kappa shape index (κ1) is 12.5. The Labute approximate surface area is 103 Å². The number of hydrogen-bond acceptors (Lipinski definition) is 4. The van der Waals surface area contributed by atoms with Crippen molar-refractivity contribution in [2.75, 3.05) is 26.2 Å². The molecule has 2 unspecified atom stereocenters. The number of pyridine rings is 1. The van der Waals surface area contributed by atoms with Crippen molar-refractivity contribution in [1.29, 1.82) is 0 Å². The zero-order valence-corrected chi connectivity index (χ0v) is 10.4. The third-order valence-corrected chi connectivity index (χ3v) is 3.28. The van der Waals surface area contributed by atoms with Gasteiger partial charge in [-0.3, -0.25) is 9.88 Å². The Morgan fingerprint density at radius 3 is 3.12 bits per heavy atom. The standard InChI is InChI=1S/C13H21N3O/c1-11-10-17-13(8-14)9-16(11)7-5-12-4-2-3-6-15-12/h2-4,6,11,13H,5,7-10,14H2,1H3. The van der Waals surface area contributed by atoms with E-state index in [4.69, 9.17) is 10.5 Å². The molecule has 2 N–H and O–H groups in total. The van der Waals surface area contributed by atoms with E-state index in [1.54, 1.807) is 0 Å². The van der Waals surface area contributed by atoms with E-state index >= 15 is 0 Å². The van der Waals surface area contributed by atoms with Crippen molar-refractivity contribution in [2.45, 2.75) is 25.5 Å². The smallest absolute Gasteiger partial charge is 0.0824 e. The van der Waals surface area contributed by atoms with Gasteiger partial charge in [-0.1, -0.05) is 6.07 Å². The van der Waals surface area contributed by atoms with Crippen LogP contribution in [0, 0.1) is 0 Å². The van der Waals surface area contributed by atoms with Gasteiger partial charge in [-0.2, -0.15) is 0 Å². The summed E-state index contributed by atoms with van der Waals surface area (Å²) in [6.45, 7) is 5.55. The molecule has 0 aromatic carbocycles. The van der Waals surface area contributed by atoms with Gasteiger partial charge in [-0.25, -0.2) is 0 Å². The first-order valence-corrected chi connectivity index (χ1v) is 6.25. The lowest BCUT2D eigenvalue weighted by Crippen LogP contribution is -2.51. The summed E-state index contributed by atoms with van der Waals surface area (Å²) in [5.41, 5.74) is 6.80. The highest BCUT2D eigenvalue weighted by molar-refractivity contribution is 5.04. The predicted octanol–water partition coefficient (Wildman–Crippen LogP) is 0.672. The molecule has 94 valence electrons. The Balaban J connectivity index is 1.85. The van der Waals surface area contributed by atoms with Gasteiger partial charge in [-0.15, -0.1) is 0 Å². The molecule has 2 rings (SSSR count). The van der Waals surface area contributed by atoms with Gasteiger partial charge < -0.3 is 10.5 Å². The molecule has 17 heavy (non-hydrogen) atoms. The van der Waals surface area contributed by atoms with Gasteiger partial charge in [0.05, 0.1) is 12.7 Å². The van der Waals surface area contributed by atoms with Crippen molar-refractivity contribution in [2.24, 2.45) is 5.73 Å². The van der Waals surface area contributed by atoms with Crippen LogP contribution in [0.2, 0.25) is 0 Å². The fourth-order valence-corrected chi connectivity index (χ4v) is 2.13. The highest BCUT2D eigenvalue weighted by atomic mass is 16.5. The quantitative estimate of drug-likeness (QED) is 0.833. The lowest BCUT2D eigenvalue weighted by molar-refractivity contribution is -0.0529. The number of hydrogen-bond donors (Lipinski definition) is 1. The van der Waals surface area contributed by atoms with Gasteiger partial charge >= 0.3 is 0 Å². The number of aromatic nitrogens is 1. The fraction of sp³-hybridized carbons (Fsp3) is 0.615. The van der Waals surface area contributed by atoms with Gasteiger partial charge in [0.25, 0.3) is 0 Å². The van der Waals surface area contributed by atoms with Crippen molar-refractivity contribution in [3.05, 3.63) is 30.1 Å². The Morgan fingerprint density at radius 2 is 2.41 bits per heavy atom. The van der Waals surface area contributed by atoms with E-state index in [1.165, 1.54) is 0 Å². The molecule has 1 fully saturated rings. The second kappa shape index (κ2) is 6.10. The summed E-state index contributed by atoms with van der Waals surface area (Å²) >= 11 is 0. The third kappa shape index (κ3) is 3.49. The van der Waals surface area contributed by atoms with Crippen LogP contribution in [0.3, 0.4) is 0 Å². The van der Waals surface area contributed by atoms with E-state index in [9.17, 15) is 0 Å². The van der Waals surface area contributed by atoms with Crippen LogP contribution >= 0.6 is 0 Å². The van der Waals surface area contributed by atoms with Gasteiger partial charge in [0.15, 0.2) is 0 Å². The Bertz CT molecular complexity index is 331. The molecule has 0 radical (unpaired) electrons. The minimum absolute atomic E-state index is 0.190. The van der Waals surface area contributed by atoms with Crippen molar-refractivity contribution in [1.82, 2.24) is 9.88 Å². The molecule has 4 nitrogen and oxygen atoms in total. The lowest BCUT2D eigenvalue weighted by atomic mass is 10.1. The molecule has 1 aromatic heterocycles. The van der Waals surface area contributed by atoms with Crippen LogP contribution in [-0.2, 0) is 11.2 Å². The van der Waals surface area contributed by atoms with Crippen LogP contribution in [0.15, 0.2) is 24.4 Å². The average molecular weight is 235 g/mol. The molecular formula is C13H21N3O. The molecule has 0 bridgehead atoms. The topological polar surface area (TPSA) is 51.4 Å². The van der Waals surface area contributed by atoms with Crippen LogP contribution in [0.25, 0.3) is 0 Å². The summed E-state index contributed by atoms with van der Waals surface area (Å²) in [5, 5.41) is 0. The largest absolute Gasteiger partial charge is 0.374 e. The maximum Gasteiger partial charge on any atom is 0.0824 e. The van der Waals surface area contributed by atoms with Gasteiger partial charge in [-0.05, 0) is 19.1 Å². The molecule has 0 spiro atoms. The minimum atomic E-state index is 0.190. The zero-order chi connectivity index (χ0) is 12.1. The number of rotatable bonds is 4. The fourth-order valence-electron chi connectivity index (χ4n) is 2.13. The van der Waals surface area contributed by atoms with Crippen LogP contribution < -0.4 is 5.73 Å². The average Bonchev–Trinajstić information content (AvgIpc) is 2.39. The molecule has 2 atom stereocenters. The molecule has 0 saturated carbocycles. The zero-order valence-electron chi connectivity index (χ0n) is 10.4. The Hall–Kier alpha value is -0.970. The number of ether oxygens (including phenoxy) is 1. The van der Waals surface area contributed by atoms with Crippen LogP contribution in [0.1, 0.15) is 12.6 Å². The Morgan fingerprint density at radius 1 is 1.53 bits per heavy atom. The van der Waals surface area contributed by atoms with Crippen molar-refractivity contribution < 1.29 is 4.74 Å². The van der Waals surface area contributed by atoms with E-state index in [-0.39, 0.29) is 6.10 Å². The molecule has 1 aromatic rings. The molecule has 1 aliphatic rings. The van der Waals surface area contributed by atoms with Gasteiger partial charge in [0, 0.05) is 44.0 Å². The van der Waals surface area contributed by atoms with E-state index in [2.05, 4.69) is 22.9 Å². The van der Waals surface area contributed by atoms with Crippen molar-refractivity contribution in [3.63, 3.8) is 0 Å². The number of nitrogens with zero attached hydrogens (tertiary/aromatic N) is 2. The lowest BCUT2D eigenvalue weighted by Gasteiger charge is -2.37. The minimum Gasteiger partial charge on any atom is -0.374 e. The molecule has 0 amide bonds. The van der Waals surface area contributed by atoms with Crippen LogP contribution in [0.5, 0.6) is 0 Å². The first-order valence-electron chi connectivity index (χ1n) is 6.25.